The van der Waals surface area contributed by atoms with Crippen LogP contribution in [0.15, 0.2) is 15.8 Å². The first-order valence-electron chi connectivity index (χ1n) is 5.67. The Morgan fingerprint density at radius 1 is 1.61 bits per heavy atom. The molecule has 18 heavy (non-hydrogen) atoms. The molecule has 3 N–H and O–H groups in total. The number of H-pyrrole nitrogens is 1. The van der Waals surface area contributed by atoms with Crippen LogP contribution in [0.4, 0.5) is 0 Å². The van der Waals surface area contributed by atoms with Crippen LogP contribution in [0.2, 0.25) is 0 Å². The molecule has 0 aliphatic heterocycles. The average molecular weight is 366 g/mol. The Balaban J connectivity index is 2.38. The SMILES string of the molecule is Cc1cn([C@H]2C[C@H](O)[C@@](I)(CO)C2)c(=O)[nH]c1=O. The van der Waals surface area contributed by atoms with E-state index in [4.69, 9.17) is 0 Å². The number of hydrogen-bond acceptors (Lipinski definition) is 4. The highest BCUT2D eigenvalue weighted by molar-refractivity contribution is 14.1. The van der Waals surface area contributed by atoms with Crippen molar-refractivity contribution >= 4 is 22.6 Å². The zero-order valence-electron chi connectivity index (χ0n) is 9.89. The van der Waals surface area contributed by atoms with Gasteiger partial charge in [0.15, 0.2) is 0 Å². The van der Waals surface area contributed by atoms with Crippen molar-refractivity contribution in [3.8, 4) is 0 Å². The molecule has 0 bridgehead atoms. The Hall–Kier alpha value is -0.670. The van der Waals surface area contributed by atoms with Gasteiger partial charge in [-0.25, -0.2) is 4.79 Å². The summed E-state index contributed by atoms with van der Waals surface area (Å²) in [5.41, 5.74) is -0.405. The summed E-state index contributed by atoms with van der Waals surface area (Å²) in [7, 11) is 0. The molecule has 0 amide bonds. The third-order valence-corrected chi connectivity index (χ3v) is 4.97. The Morgan fingerprint density at radius 2 is 2.28 bits per heavy atom. The molecule has 0 spiro atoms. The predicted octanol–water partition coefficient (Wildman–Crippen LogP) is -0.293. The first-order chi connectivity index (χ1) is 8.37. The highest BCUT2D eigenvalue weighted by Crippen LogP contribution is 2.43. The van der Waals surface area contributed by atoms with Crippen molar-refractivity contribution in [1.29, 1.82) is 0 Å². The van der Waals surface area contributed by atoms with Crippen LogP contribution in [0, 0.1) is 6.92 Å². The van der Waals surface area contributed by atoms with Gasteiger partial charge in [0.05, 0.1) is 16.1 Å². The lowest BCUT2D eigenvalue weighted by Crippen LogP contribution is -2.35. The first kappa shape index (κ1) is 13.8. The number of alkyl halides is 1. The number of nitrogens with one attached hydrogen (secondary N) is 1. The van der Waals surface area contributed by atoms with Crippen molar-refractivity contribution in [3.05, 3.63) is 32.6 Å². The summed E-state index contributed by atoms with van der Waals surface area (Å²) >= 11 is 2.04. The molecular weight excluding hydrogens is 351 g/mol. The number of halogens is 1. The van der Waals surface area contributed by atoms with Crippen LogP contribution >= 0.6 is 22.6 Å². The molecule has 1 aliphatic carbocycles. The normalized spacial score (nSPS) is 31.8. The Bertz CT molecular complexity index is 567. The minimum absolute atomic E-state index is 0.137. The van der Waals surface area contributed by atoms with Gasteiger partial charge in [0.1, 0.15) is 0 Å². The van der Waals surface area contributed by atoms with Gasteiger partial charge in [0.25, 0.3) is 5.56 Å². The van der Waals surface area contributed by atoms with E-state index >= 15 is 0 Å². The lowest BCUT2D eigenvalue weighted by Gasteiger charge is -2.22. The highest BCUT2D eigenvalue weighted by Gasteiger charge is 2.45. The quantitative estimate of drug-likeness (QED) is 0.495. The van der Waals surface area contributed by atoms with Gasteiger partial charge in [0, 0.05) is 17.8 Å². The van der Waals surface area contributed by atoms with Crippen molar-refractivity contribution in [1.82, 2.24) is 9.55 Å². The smallest absolute Gasteiger partial charge is 0.328 e. The Morgan fingerprint density at radius 3 is 2.83 bits per heavy atom. The number of aromatic nitrogens is 2. The van der Waals surface area contributed by atoms with Crippen LogP contribution in [-0.4, -0.2) is 35.9 Å². The van der Waals surface area contributed by atoms with Crippen molar-refractivity contribution in [2.45, 2.75) is 35.3 Å². The molecule has 3 atom stereocenters. The van der Waals surface area contributed by atoms with Crippen LogP contribution in [0.3, 0.4) is 0 Å². The maximum Gasteiger partial charge on any atom is 0.328 e. The molecule has 1 aromatic heterocycles. The van der Waals surface area contributed by atoms with Crippen LogP contribution in [0.1, 0.15) is 24.4 Å². The Labute approximate surface area is 117 Å². The van der Waals surface area contributed by atoms with Gasteiger partial charge in [-0.15, -0.1) is 0 Å². The first-order valence-corrected chi connectivity index (χ1v) is 6.75. The second-order valence-corrected chi connectivity index (χ2v) is 6.93. The molecule has 1 aromatic rings. The Kier molecular flexibility index (Phi) is 3.65. The van der Waals surface area contributed by atoms with Crippen molar-refractivity contribution in [2.75, 3.05) is 6.61 Å². The summed E-state index contributed by atoms with van der Waals surface area (Å²) in [5.74, 6) is 0. The fraction of sp³-hybridized carbons (Fsp3) is 0.636. The summed E-state index contributed by atoms with van der Waals surface area (Å²) in [6.45, 7) is 1.49. The third kappa shape index (κ3) is 2.26. The largest absolute Gasteiger partial charge is 0.395 e. The zero-order valence-corrected chi connectivity index (χ0v) is 12.0. The maximum atomic E-state index is 11.7. The van der Waals surface area contributed by atoms with E-state index in [0.717, 1.165) is 0 Å². The number of aliphatic hydroxyl groups is 2. The average Bonchev–Trinajstić information content (AvgIpc) is 2.61. The molecule has 7 heteroatoms. The molecule has 1 heterocycles. The summed E-state index contributed by atoms with van der Waals surface area (Å²) in [6.07, 6.45) is 1.75. The molecule has 1 saturated carbocycles. The van der Waals surface area contributed by atoms with E-state index in [1.54, 1.807) is 6.92 Å². The summed E-state index contributed by atoms with van der Waals surface area (Å²) in [4.78, 5) is 25.3. The van der Waals surface area contributed by atoms with Crippen molar-refractivity contribution in [2.24, 2.45) is 0 Å². The van der Waals surface area contributed by atoms with E-state index < -0.39 is 20.8 Å². The van der Waals surface area contributed by atoms with Gasteiger partial charge >= 0.3 is 5.69 Å². The molecular formula is C11H15IN2O4. The van der Waals surface area contributed by atoms with Crippen LogP contribution < -0.4 is 11.2 Å². The lowest BCUT2D eigenvalue weighted by molar-refractivity contribution is 0.118. The topological polar surface area (TPSA) is 95.3 Å². The molecule has 2 rings (SSSR count). The van der Waals surface area contributed by atoms with Gasteiger partial charge in [0.2, 0.25) is 0 Å². The summed E-state index contributed by atoms with van der Waals surface area (Å²) in [5, 5.41) is 19.3. The van der Waals surface area contributed by atoms with E-state index in [0.29, 0.717) is 18.4 Å². The van der Waals surface area contributed by atoms with Gasteiger partial charge in [-0.05, 0) is 19.8 Å². The lowest BCUT2D eigenvalue weighted by atomic mass is 10.1. The molecule has 0 unspecified atom stereocenters. The molecule has 0 aromatic carbocycles. The molecule has 0 saturated heterocycles. The number of rotatable bonds is 2. The van der Waals surface area contributed by atoms with Crippen LogP contribution in [-0.2, 0) is 0 Å². The van der Waals surface area contributed by atoms with E-state index in [1.165, 1.54) is 10.8 Å². The molecule has 1 aliphatic rings. The molecule has 100 valence electrons. The van der Waals surface area contributed by atoms with Gasteiger partial charge in [-0.1, -0.05) is 22.6 Å². The maximum absolute atomic E-state index is 11.7. The minimum atomic E-state index is -0.660. The minimum Gasteiger partial charge on any atom is -0.395 e. The zero-order chi connectivity index (χ0) is 13.5. The number of nitrogens with zero attached hydrogens (tertiary/aromatic N) is 1. The number of aryl methyl sites for hydroxylation is 1. The second kappa shape index (κ2) is 4.78. The van der Waals surface area contributed by atoms with Crippen molar-refractivity contribution < 1.29 is 10.2 Å². The van der Waals surface area contributed by atoms with E-state index in [9.17, 15) is 19.8 Å². The number of aliphatic hydroxyl groups excluding tert-OH is 2. The molecule has 0 radical (unpaired) electrons. The number of hydrogen-bond donors (Lipinski definition) is 3. The standard InChI is InChI=1S/C11H15IN2O4/c1-6-4-14(10(18)13-9(6)17)7-2-8(16)11(12,3-7)5-15/h4,7-8,15-16H,2-3,5H2,1H3,(H,13,17,18)/t7-,8-,11-/m0/s1. The fourth-order valence-corrected chi connectivity index (χ4v) is 3.08. The fourth-order valence-electron chi connectivity index (χ4n) is 2.32. The monoisotopic (exact) mass is 366 g/mol. The third-order valence-electron chi connectivity index (χ3n) is 3.47. The summed E-state index contributed by atoms with van der Waals surface area (Å²) in [6, 6.07) is -0.202. The summed E-state index contributed by atoms with van der Waals surface area (Å²) < 4.78 is 0.821. The van der Waals surface area contributed by atoms with E-state index in [1.807, 2.05) is 22.6 Å². The highest BCUT2D eigenvalue weighted by atomic mass is 127. The van der Waals surface area contributed by atoms with Crippen LogP contribution in [0.5, 0.6) is 0 Å². The molecule has 6 nitrogen and oxygen atoms in total. The van der Waals surface area contributed by atoms with Crippen molar-refractivity contribution in [3.63, 3.8) is 0 Å². The number of aromatic amines is 1. The van der Waals surface area contributed by atoms with Gasteiger partial charge in [-0.3, -0.25) is 14.3 Å². The predicted molar refractivity (Wildman–Crippen MR) is 74.2 cm³/mol. The molecule has 1 fully saturated rings. The second-order valence-electron chi connectivity index (χ2n) is 4.78. The van der Waals surface area contributed by atoms with E-state index in [2.05, 4.69) is 4.98 Å². The van der Waals surface area contributed by atoms with Crippen LogP contribution in [0.25, 0.3) is 0 Å². The van der Waals surface area contributed by atoms with E-state index in [-0.39, 0.29) is 12.6 Å². The van der Waals surface area contributed by atoms with Gasteiger partial charge in [-0.2, -0.15) is 0 Å². The van der Waals surface area contributed by atoms with Gasteiger partial charge < -0.3 is 10.2 Å².